The van der Waals surface area contributed by atoms with Gasteiger partial charge in [0.15, 0.2) is 0 Å². The summed E-state index contributed by atoms with van der Waals surface area (Å²) in [5.74, 6) is 0.761. The van der Waals surface area contributed by atoms with Crippen molar-refractivity contribution in [3.05, 3.63) is 42.2 Å². The van der Waals surface area contributed by atoms with Gasteiger partial charge in [-0.25, -0.2) is 0 Å². The number of furan rings is 1. The highest BCUT2D eigenvalue weighted by molar-refractivity contribution is 7.92. The average molecular weight is 297 g/mol. The number of sulfonamides is 1. The maximum absolute atomic E-state index is 12.1. The van der Waals surface area contributed by atoms with Crippen molar-refractivity contribution in [2.24, 2.45) is 0 Å². The van der Waals surface area contributed by atoms with Crippen LogP contribution >= 0.6 is 0 Å². The van der Waals surface area contributed by atoms with E-state index in [4.69, 9.17) is 14.3 Å². The molecule has 0 aliphatic carbocycles. The van der Waals surface area contributed by atoms with E-state index in [9.17, 15) is 8.42 Å². The van der Waals surface area contributed by atoms with Crippen molar-refractivity contribution >= 4 is 15.7 Å². The van der Waals surface area contributed by atoms with Gasteiger partial charge in [-0.15, -0.1) is 0 Å². The van der Waals surface area contributed by atoms with E-state index in [2.05, 4.69) is 4.72 Å². The van der Waals surface area contributed by atoms with Crippen molar-refractivity contribution < 1.29 is 22.7 Å². The topological polar surface area (TPSA) is 88.8 Å². The second kappa shape index (κ2) is 5.98. The first-order chi connectivity index (χ1) is 9.55. The maximum Gasteiger partial charge on any atom is 0.295 e. The summed E-state index contributed by atoms with van der Waals surface area (Å²) in [6.07, 6.45) is 0. The molecule has 0 aliphatic heterocycles. The zero-order valence-corrected chi connectivity index (χ0v) is 11.7. The van der Waals surface area contributed by atoms with Crippen LogP contribution in [0.2, 0.25) is 0 Å². The van der Waals surface area contributed by atoms with Gasteiger partial charge in [-0.05, 0) is 31.2 Å². The molecule has 108 valence electrons. The van der Waals surface area contributed by atoms with Crippen LogP contribution in [0.5, 0.6) is 5.75 Å². The van der Waals surface area contributed by atoms with Gasteiger partial charge < -0.3 is 14.3 Å². The molecule has 2 aromatic rings. The molecule has 7 heteroatoms. The molecule has 0 fully saturated rings. The maximum atomic E-state index is 12.1. The standard InChI is InChI=1S/C13H15NO5S/c1-2-18-11-5-3-4-10(8-11)14-20(16,17)13-7-6-12(9-15)19-13/h3-8,14-15H,2,9H2,1H3. The van der Waals surface area contributed by atoms with Crippen molar-refractivity contribution in [3.8, 4) is 5.75 Å². The van der Waals surface area contributed by atoms with Crippen molar-refractivity contribution in [1.82, 2.24) is 0 Å². The van der Waals surface area contributed by atoms with Crippen molar-refractivity contribution in [2.75, 3.05) is 11.3 Å². The summed E-state index contributed by atoms with van der Waals surface area (Å²) in [5, 5.41) is 8.63. The summed E-state index contributed by atoms with van der Waals surface area (Å²) in [7, 11) is -3.82. The number of aliphatic hydroxyl groups is 1. The summed E-state index contributed by atoms with van der Waals surface area (Å²) >= 11 is 0. The normalized spacial score (nSPS) is 11.3. The van der Waals surface area contributed by atoms with Crippen LogP contribution in [0.1, 0.15) is 12.7 Å². The number of aliphatic hydroxyl groups excluding tert-OH is 1. The largest absolute Gasteiger partial charge is 0.494 e. The molecule has 0 aliphatic rings. The minimum absolute atomic E-state index is 0.188. The molecule has 2 N–H and O–H groups in total. The predicted molar refractivity (Wildman–Crippen MR) is 73.1 cm³/mol. The van der Waals surface area contributed by atoms with Gasteiger partial charge >= 0.3 is 0 Å². The number of hydrogen-bond acceptors (Lipinski definition) is 5. The highest BCUT2D eigenvalue weighted by Gasteiger charge is 2.19. The fourth-order valence-corrected chi connectivity index (χ4v) is 2.61. The SMILES string of the molecule is CCOc1cccc(NS(=O)(=O)c2ccc(CO)o2)c1. The quantitative estimate of drug-likeness (QED) is 0.851. The van der Waals surface area contributed by atoms with Crippen molar-refractivity contribution in [3.63, 3.8) is 0 Å². The Morgan fingerprint density at radius 1 is 1.30 bits per heavy atom. The summed E-state index contributed by atoms with van der Waals surface area (Å²) in [4.78, 5) is 0. The summed E-state index contributed by atoms with van der Waals surface area (Å²) in [6, 6.07) is 9.31. The van der Waals surface area contributed by atoms with E-state index in [0.717, 1.165) is 0 Å². The van der Waals surface area contributed by atoms with Gasteiger partial charge in [0.25, 0.3) is 10.0 Å². The highest BCUT2D eigenvalue weighted by Crippen LogP contribution is 2.22. The number of anilines is 1. The van der Waals surface area contributed by atoms with Gasteiger partial charge in [-0.1, -0.05) is 6.07 Å². The molecule has 1 aromatic heterocycles. The van der Waals surface area contributed by atoms with Gasteiger partial charge in [0.1, 0.15) is 18.1 Å². The van der Waals surface area contributed by atoms with Gasteiger partial charge in [-0.2, -0.15) is 8.42 Å². The zero-order chi connectivity index (χ0) is 14.6. The predicted octanol–water partition coefficient (Wildman–Crippen LogP) is 1.97. The van der Waals surface area contributed by atoms with E-state index in [1.807, 2.05) is 6.92 Å². The molecular weight excluding hydrogens is 282 g/mol. The molecule has 20 heavy (non-hydrogen) atoms. The van der Waals surface area contributed by atoms with E-state index in [1.54, 1.807) is 24.3 Å². The molecule has 0 amide bonds. The Balaban J connectivity index is 2.21. The minimum Gasteiger partial charge on any atom is -0.494 e. The molecule has 0 atom stereocenters. The van der Waals surface area contributed by atoms with E-state index in [0.29, 0.717) is 18.0 Å². The second-order valence-electron chi connectivity index (χ2n) is 3.95. The molecule has 0 bridgehead atoms. The fraction of sp³-hybridized carbons (Fsp3) is 0.231. The molecule has 2 rings (SSSR count). The van der Waals surface area contributed by atoms with Crippen molar-refractivity contribution in [1.29, 1.82) is 0 Å². The van der Waals surface area contributed by atoms with E-state index >= 15 is 0 Å². The second-order valence-corrected chi connectivity index (χ2v) is 5.56. The van der Waals surface area contributed by atoms with E-state index in [1.165, 1.54) is 12.1 Å². The Morgan fingerprint density at radius 3 is 2.75 bits per heavy atom. The third-order valence-electron chi connectivity index (χ3n) is 2.45. The summed E-state index contributed by atoms with van der Waals surface area (Å²) in [6.45, 7) is 1.99. The lowest BCUT2D eigenvalue weighted by Crippen LogP contribution is -2.12. The summed E-state index contributed by atoms with van der Waals surface area (Å²) in [5.41, 5.74) is 0.373. The number of rotatable bonds is 6. The number of nitrogens with one attached hydrogen (secondary N) is 1. The van der Waals surface area contributed by atoms with Crippen LogP contribution in [0.15, 0.2) is 45.9 Å². The Labute approximate surface area is 117 Å². The van der Waals surface area contributed by atoms with E-state index < -0.39 is 10.0 Å². The first-order valence-electron chi connectivity index (χ1n) is 6.00. The molecule has 0 unspecified atom stereocenters. The molecule has 0 spiro atoms. The molecule has 0 saturated heterocycles. The average Bonchev–Trinajstić information content (AvgIpc) is 2.88. The van der Waals surface area contributed by atoms with Crippen LogP contribution in [0.4, 0.5) is 5.69 Å². The zero-order valence-electron chi connectivity index (χ0n) is 10.9. The lowest BCUT2D eigenvalue weighted by molar-refractivity contribution is 0.236. The third kappa shape index (κ3) is 3.31. The van der Waals surface area contributed by atoms with Crippen LogP contribution in [0.3, 0.4) is 0 Å². The number of ether oxygens (including phenoxy) is 1. The number of hydrogen-bond donors (Lipinski definition) is 2. The first-order valence-corrected chi connectivity index (χ1v) is 7.48. The lowest BCUT2D eigenvalue weighted by atomic mass is 10.3. The fourth-order valence-electron chi connectivity index (χ4n) is 1.61. The minimum atomic E-state index is -3.82. The first kappa shape index (κ1) is 14.4. The van der Waals surface area contributed by atoms with Crippen LogP contribution < -0.4 is 9.46 Å². The van der Waals surface area contributed by atoms with Crippen LogP contribution in [-0.4, -0.2) is 20.1 Å². The van der Waals surface area contributed by atoms with E-state index in [-0.39, 0.29) is 17.5 Å². The Kier molecular flexibility index (Phi) is 4.31. The highest BCUT2D eigenvalue weighted by atomic mass is 32.2. The molecule has 6 nitrogen and oxygen atoms in total. The summed E-state index contributed by atoms with van der Waals surface area (Å²) < 4.78 is 36.8. The van der Waals surface area contributed by atoms with Crippen molar-refractivity contribution in [2.45, 2.75) is 18.6 Å². The molecule has 1 heterocycles. The Bertz CT molecular complexity index is 678. The Morgan fingerprint density at radius 2 is 2.10 bits per heavy atom. The van der Waals surface area contributed by atoms with Gasteiger partial charge in [0.2, 0.25) is 5.09 Å². The monoisotopic (exact) mass is 297 g/mol. The Hall–Kier alpha value is -1.99. The number of benzene rings is 1. The van der Waals surface area contributed by atoms with Gasteiger partial charge in [0, 0.05) is 6.07 Å². The molecule has 1 aromatic carbocycles. The van der Waals surface area contributed by atoms with Crippen LogP contribution in [0, 0.1) is 0 Å². The van der Waals surface area contributed by atoms with Gasteiger partial charge in [0.05, 0.1) is 12.3 Å². The molecule has 0 saturated carbocycles. The molecule has 0 radical (unpaired) electrons. The van der Waals surface area contributed by atoms with Crippen LogP contribution in [0.25, 0.3) is 0 Å². The molecular formula is C13H15NO5S. The third-order valence-corrected chi connectivity index (χ3v) is 3.71. The smallest absolute Gasteiger partial charge is 0.295 e. The van der Waals surface area contributed by atoms with Gasteiger partial charge in [-0.3, -0.25) is 4.72 Å². The lowest BCUT2D eigenvalue weighted by Gasteiger charge is -2.08. The van der Waals surface area contributed by atoms with Crippen LogP contribution in [-0.2, 0) is 16.6 Å².